The van der Waals surface area contributed by atoms with E-state index in [2.05, 4.69) is 15.9 Å². The average molecular weight is 363 g/mol. The first-order valence-corrected chi connectivity index (χ1v) is 7.63. The molecule has 0 radical (unpaired) electrons. The molecule has 5 heteroatoms. The van der Waals surface area contributed by atoms with Gasteiger partial charge in [-0.1, -0.05) is 19.1 Å². The maximum absolute atomic E-state index is 12.2. The number of halogens is 1. The molecule has 2 aromatic carbocycles. The highest BCUT2D eigenvalue weighted by molar-refractivity contribution is 9.10. The van der Waals surface area contributed by atoms with Gasteiger partial charge in [0.15, 0.2) is 6.29 Å². The molecule has 114 valence electrons. The van der Waals surface area contributed by atoms with Crippen LogP contribution in [0.1, 0.15) is 34.1 Å². The fourth-order valence-corrected chi connectivity index (χ4v) is 2.28. The normalized spacial score (nSPS) is 10.1. The van der Waals surface area contributed by atoms with Crippen LogP contribution in [-0.4, -0.2) is 18.9 Å². The Hall–Kier alpha value is -2.14. The first kappa shape index (κ1) is 16.2. The summed E-state index contributed by atoms with van der Waals surface area (Å²) in [6.07, 6.45) is 1.55. The molecule has 0 fully saturated rings. The van der Waals surface area contributed by atoms with Crippen molar-refractivity contribution in [3.05, 3.63) is 58.1 Å². The minimum atomic E-state index is -0.531. The minimum Gasteiger partial charge on any atom is -0.492 e. The van der Waals surface area contributed by atoms with Gasteiger partial charge in [0.2, 0.25) is 0 Å². The number of hydrogen-bond acceptors (Lipinski definition) is 4. The Morgan fingerprint density at radius 1 is 1.18 bits per heavy atom. The number of rotatable bonds is 6. The maximum Gasteiger partial charge on any atom is 0.343 e. The monoisotopic (exact) mass is 362 g/mol. The van der Waals surface area contributed by atoms with E-state index in [0.29, 0.717) is 34.2 Å². The number of esters is 1. The van der Waals surface area contributed by atoms with Crippen LogP contribution >= 0.6 is 15.9 Å². The van der Waals surface area contributed by atoms with Crippen LogP contribution in [0.5, 0.6) is 11.5 Å². The number of ether oxygens (including phenoxy) is 2. The predicted octanol–water partition coefficient (Wildman–Crippen LogP) is 4.27. The van der Waals surface area contributed by atoms with Crippen molar-refractivity contribution in [1.82, 2.24) is 0 Å². The Bertz CT molecular complexity index is 682. The Kier molecular flexibility index (Phi) is 5.72. The molecule has 0 aliphatic heterocycles. The molecule has 0 unspecified atom stereocenters. The Labute approximate surface area is 137 Å². The third-order valence-corrected chi connectivity index (χ3v) is 3.50. The summed E-state index contributed by atoms with van der Waals surface area (Å²) in [7, 11) is 0. The molecule has 0 bridgehead atoms. The first-order valence-electron chi connectivity index (χ1n) is 6.84. The van der Waals surface area contributed by atoms with Crippen molar-refractivity contribution < 1.29 is 19.1 Å². The van der Waals surface area contributed by atoms with E-state index in [0.717, 1.165) is 6.42 Å². The second kappa shape index (κ2) is 7.75. The summed E-state index contributed by atoms with van der Waals surface area (Å²) < 4.78 is 11.5. The van der Waals surface area contributed by atoms with E-state index in [1.54, 1.807) is 42.5 Å². The molecular weight excluding hydrogens is 348 g/mol. The lowest BCUT2D eigenvalue weighted by molar-refractivity contribution is 0.0733. The van der Waals surface area contributed by atoms with Gasteiger partial charge >= 0.3 is 5.97 Å². The number of carbonyl (C=O) groups excluding carboxylic acids is 2. The summed E-state index contributed by atoms with van der Waals surface area (Å²) in [4.78, 5) is 23.1. The fourth-order valence-electron chi connectivity index (χ4n) is 1.79. The average Bonchev–Trinajstić information content (AvgIpc) is 2.54. The van der Waals surface area contributed by atoms with E-state index in [9.17, 15) is 9.59 Å². The number of hydrogen-bond donors (Lipinski definition) is 0. The largest absolute Gasteiger partial charge is 0.492 e. The highest BCUT2D eigenvalue weighted by Crippen LogP contribution is 2.27. The topological polar surface area (TPSA) is 52.6 Å². The van der Waals surface area contributed by atoms with Gasteiger partial charge < -0.3 is 9.47 Å². The quantitative estimate of drug-likeness (QED) is 0.437. The van der Waals surface area contributed by atoms with Gasteiger partial charge in [0.05, 0.1) is 22.2 Å². The standard InChI is InChI=1S/C17H15BrO4/c1-2-9-21-16-8-7-12(10-14(16)18)17(20)22-15-6-4-3-5-13(15)11-19/h3-8,10-11H,2,9H2,1H3. The van der Waals surface area contributed by atoms with Gasteiger partial charge in [-0.25, -0.2) is 4.79 Å². The zero-order chi connectivity index (χ0) is 15.9. The molecule has 0 amide bonds. The molecule has 0 aliphatic rings. The SMILES string of the molecule is CCCOc1ccc(C(=O)Oc2ccccc2C=O)cc1Br. The molecule has 22 heavy (non-hydrogen) atoms. The first-order chi connectivity index (χ1) is 10.7. The van der Waals surface area contributed by atoms with Gasteiger partial charge in [0.1, 0.15) is 11.5 Å². The van der Waals surface area contributed by atoms with Crippen molar-refractivity contribution in [3.63, 3.8) is 0 Å². The zero-order valence-electron chi connectivity index (χ0n) is 12.0. The van der Waals surface area contributed by atoms with E-state index < -0.39 is 5.97 Å². The highest BCUT2D eigenvalue weighted by atomic mass is 79.9. The Morgan fingerprint density at radius 3 is 2.64 bits per heavy atom. The maximum atomic E-state index is 12.2. The predicted molar refractivity (Wildman–Crippen MR) is 86.7 cm³/mol. The lowest BCUT2D eigenvalue weighted by Gasteiger charge is -2.09. The molecule has 0 heterocycles. The molecule has 0 atom stereocenters. The molecule has 0 spiro atoms. The van der Waals surface area contributed by atoms with Crippen molar-refractivity contribution in [2.24, 2.45) is 0 Å². The van der Waals surface area contributed by atoms with Crippen LogP contribution in [0.3, 0.4) is 0 Å². The van der Waals surface area contributed by atoms with Crippen LogP contribution in [0.4, 0.5) is 0 Å². The van der Waals surface area contributed by atoms with Gasteiger partial charge in [0.25, 0.3) is 0 Å². The summed E-state index contributed by atoms with van der Waals surface area (Å²) in [5, 5.41) is 0. The van der Waals surface area contributed by atoms with E-state index in [1.807, 2.05) is 6.92 Å². The molecule has 0 aliphatic carbocycles. The Morgan fingerprint density at radius 2 is 1.95 bits per heavy atom. The summed E-state index contributed by atoms with van der Waals surface area (Å²) in [6.45, 7) is 2.62. The molecule has 0 saturated carbocycles. The van der Waals surface area contributed by atoms with Crippen molar-refractivity contribution in [2.45, 2.75) is 13.3 Å². The van der Waals surface area contributed by atoms with Crippen molar-refractivity contribution in [1.29, 1.82) is 0 Å². The summed E-state index contributed by atoms with van der Waals surface area (Å²) in [6, 6.07) is 11.5. The summed E-state index contributed by atoms with van der Waals surface area (Å²) >= 11 is 3.37. The van der Waals surface area contributed by atoms with Gasteiger partial charge in [0, 0.05) is 0 Å². The molecule has 0 aromatic heterocycles. The molecule has 0 saturated heterocycles. The molecule has 2 rings (SSSR count). The third-order valence-electron chi connectivity index (χ3n) is 2.88. The highest BCUT2D eigenvalue weighted by Gasteiger charge is 2.13. The van der Waals surface area contributed by atoms with Gasteiger partial charge in [-0.2, -0.15) is 0 Å². The van der Waals surface area contributed by atoms with Gasteiger partial charge in [-0.15, -0.1) is 0 Å². The van der Waals surface area contributed by atoms with E-state index in [1.165, 1.54) is 0 Å². The van der Waals surface area contributed by atoms with Crippen molar-refractivity contribution in [2.75, 3.05) is 6.61 Å². The van der Waals surface area contributed by atoms with Gasteiger partial charge in [-0.05, 0) is 52.7 Å². The lowest BCUT2D eigenvalue weighted by atomic mass is 10.2. The van der Waals surface area contributed by atoms with Crippen LogP contribution in [0.15, 0.2) is 46.9 Å². The van der Waals surface area contributed by atoms with Crippen LogP contribution in [0.2, 0.25) is 0 Å². The molecule has 4 nitrogen and oxygen atoms in total. The number of aldehydes is 1. The zero-order valence-corrected chi connectivity index (χ0v) is 13.6. The lowest BCUT2D eigenvalue weighted by Crippen LogP contribution is -2.10. The van der Waals surface area contributed by atoms with Crippen molar-refractivity contribution >= 4 is 28.2 Å². The number of para-hydroxylation sites is 1. The minimum absolute atomic E-state index is 0.241. The van der Waals surface area contributed by atoms with E-state index in [4.69, 9.17) is 9.47 Å². The molecule has 2 aromatic rings. The number of benzene rings is 2. The van der Waals surface area contributed by atoms with Crippen LogP contribution in [-0.2, 0) is 0 Å². The van der Waals surface area contributed by atoms with Gasteiger partial charge in [-0.3, -0.25) is 4.79 Å². The molecule has 0 N–H and O–H groups in total. The summed E-state index contributed by atoms with van der Waals surface area (Å²) in [5.41, 5.74) is 0.703. The van der Waals surface area contributed by atoms with Crippen molar-refractivity contribution in [3.8, 4) is 11.5 Å². The third kappa shape index (κ3) is 3.95. The Balaban J connectivity index is 2.16. The smallest absolute Gasteiger partial charge is 0.343 e. The van der Waals surface area contributed by atoms with Crippen LogP contribution in [0.25, 0.3) is 0 Å². The van der Waals surface area contributed by atoms with Crippen LogP contribution < -0.4 is 9.47 Å². The second-order valence-corrected chi connectivity index (χ2v) is 5.39. The molecular formula is C17H15BrO4. The van der Waals surface area contributed by atoms with E-state index in [-0.39, 0.29) is 5.75 Å². The van der Waals surface area contributed by atoms with Crippen LogP contribution in [0, 0.1) is 0 Å². The number of carbonyl (C=O) groups is 2. The van der Waals surface area contributed by atoms with E-state index >= 15 is 0 Å². The summed E-state index contributed by atoms with van der Waals surface area (Å²) in [5.74, 6) is 0.383. The second-order valence-electron chi connectivity index (χ2n) is 4.54. The fraction of sp³-hybridized carbons (Fsp3) is 0.176.